The van der Waals surface area contributed by atoms with Crippen molar-refractivity contribution in [2.24, 2.45) is 0 Å². The van der Waals surface area contributed by atoms with Crippen LogP contribution in [0.3, 0.4) is 0 Å². The number of nitrogens with zero attached hydrogens (tertiary/aromatic N) is 5. The number of nitriles is 1. The summed E-state index contributed by atoms with van der Waals surface area (Å²) in [6, 6.07) is 8.17. The quantitative estimate of drug-likeness (QED) is 0.667. The Labute approximate surface area is 167 Å². The highest BCUT2D eigenvalue weighted by atomic mass is 32.1. The summed E-state index contributed by atoms with van der Waals surface area (Å²) in [6.07, 6.45) is 9.78. The molecule has 1 saturated heterocycles. The van der Waals surface area contributed by atoms with Crippen LogP contribution in [0.4, 0.5) is 5.82 Å². The van der Waals surface area contributed by atoms with Crippen molar-refractivity contribution in [1.82, 2.24) is 15.0 Å². The standard InChI is InChI=1S/C21H19N5OS/c22-10-15-1-2-19(25-11-15)26-6-4-21(5-7-26)20-16(3-8-27-21)9-18(28-20)17-12-23-14-24-13-17/h1-2,9,11-14H,3-8H2. The molecule has 1 fully saturated rings. The molecular weight excluding hydrogens is 370 g/mol. The van der Waals surface area contributed by atoms with Crippen LogP contribution in [-0.2, 0) is 16.8 Å². The molecule has 140 valence electrons. The van der Waals surface area contributed by atoms with Gasteiger partial charge in [0.25, 0.3) is 0 Å². The van der Waals surface area contributed by atoms with Crippen molar-refractivity contribution in [2.75, 3.05) is 24.6 Å². The van der Waals surface area contributed by atoms with E-state index in [9.17, 15) is 0 Å². The predicted molar refractivity (Wildman–Crippen MR) is 107 cm³/mol. The molecule has 2 aliphatic heterocycles. The predicted octanol–water partition coefficient (Wildman–Crippen LogP) is 3.54. The summed E-state index contributed by atoms with van der Waals surface area (Å²) in [7, 11) is 0. The minimum absolute atomic E-state index is 0.199. The third kappa shape index (κ3) is 2.95. The summed E-state index contributed by atoms with van der Waals surface area (Å²) in [4.78, 5) is 17.6. The third-order valence-electron chi connectivity index (χ3n) is 5.59. The Morgan fingerprint density at radius 3 is 2.68 bits per heavy atom. The first-order chi connectivity index (χ1) is 13.8. The molecule has 0 aliphatic carbocycles. The molecule has 0 amide bonds. The third-order valence-corrected chi connectivity index (χ3v) is 7.00. The molecule has 0 atom stereocenters. The van der Waals surface area contributed by atoms with Gasteiger partial charge in [-0.2, -0.15) is 5.26 Å². The molecule has 0 radical (unpaired) electrons. The van der Waals surface area contributed by atoms with E-state index in [2.05, 4.69) is 32.0 Å². The molecule has 5 heterocycles. The average molecular weight is 389 g/mol. The maximum atomic E-state index is 8.96. The molecule has 0 N–H and O–H groups in total. The molecule has 28 heavy (non-hydrogen) atoms. The highest BCUT2D eigenvalue weighted by Crippen LogP contribution is 2.47. The van der Waals surface area contributed by atoms with E-state index in [1.165, 1.54) is 15.3 Å². The van der Waals surface area contributed by atoms with Gasteiger partial charge in [0.05, 0.1) is 12.2 Å². The maximum Gasteiger partial charge on any atom is 0.128 e. The van der Waals surface area contributed by atoms with Gasteiger partial charge in [-0.15, -0.1) is 11.3 Å². The second-order valence-electron chi connectivity index (χ2n) is 7.19. The highest BCUT2D eigenvalue weighted by molar-refractivity contribution is 7.15. The zero-order chi connectivity index (χ0) is 19.0. The lowest BCUT2D eigenvalue weighted by molar-refractivity contribution is -0.0735. The molecular formula is C21H19N5OS. The zero-order valence-electron chi connectivity index (χ0n) is 15.3. The van der Waals surface area contributed by atoms with E-state index in [-0.39, 0.29) is 5.60 Å². The fraction of sp³-hybridized carbons (Fsp3) is 0.333. The minimum Gasteiger partial charge on any atom is -0.369 e. The number of pyridine rings is 1. The number of anilines is 1. The van der Waals surface area contributed by atoms with Crippen molar-refractivity contribution in [3.63, 3.8) is 0 Å². The summed E-state index contributed by atoms with van der Waals surface area (Å²) < 4.78 is 6.39. The van der Waals surface area contributed by atoms with Gasteiger partial charge in [0.2, 0.25) is 0 Å². The zero-order valence-corrected chi connectivity index (χ0v) is 16.2. The molecule has 0 bridgehead atoms. The SMILES string of the molecule is N#Cc1ccc(N2CCC3(CC2)OCCc2cc(-c4cncnc4)sc23)nc1. The van der Waals surface area contributed by atoms with Gasteiger partial charge in [-0.1, -0.05) is 0 Å². The molecule has 0 unspecified atom stereocenters. The van der Waals surface area contributed by atoms with E-state index >= 15 is 0 Å². The molecule has 0 saturated carbocycles. The first kappa shape index (κ1) is 17.3. The van der Waals surface area contributed by atoms with Gasteiger partial charge in [0, 0.05) is 47.0 Å². The normalized spacial score (nSPS) is 17.9. The Morgan fingerprint density at radius 2 is 1.96 bits per heavy atom. The second-order valence-corrected chi connectivity index (χ2v) is 8.24. The van der Waals surface area contributed by atoms with Crippen molar-refractivity contribution in [3.05, 3.63) is 59.1 Å². The van der Waals surface area contributed by atoms with Crippen molar-refractivity contribution in [3.8, 4) is 16.5 Å². The molecule has 1 spiro atoms. The van der Waals surface area contributed by atoms with Crippen molar-refractivity contribution in [2.45, 2.75) is 24.9 Å². The van der Waals surface area contributed by atoms with Crippen LogP contribution >= 0.6 is 11.3 Å². The lowest BCUT2D eigenvalue weighted by Crippen LogP contribution is -2.46. The first-order valence-electron chi connectivity index (χ1n) is 9.41. The number of thiophene rings is 1. The van der Waals surface area contributed by atoms with Crippen LogP contribution in [0.2, 0.25) is 0 Å². The number of fused-ring (bicyclic) bond motifs is 2. The second kappa shape index (κ2) is 6.97. The Balaban J connectivity index is 1.39. The smallest absolute Gasteiger partial charge is 0.128 e. The molecule has 3 aromatic heterocycles. The summed E-state index contributed by atoms with van der Waals surface area (Å²) >= 11 is 1.82. The Hall–Kier alpha value is -2.82. The van der Waals surface area contributed by atoms with Crippen molar-refractivity contribution >= 4 is 17.2 Å². The number of hydrogen-bond acceptors (Lipinski definition) is 7. The summed E-state index contributed by atoms with van der Waals surface area (Å²) in [5, 5.41) is 8.96. The lowest BCUT2D eigenvalue weighted by Gasteiger charge is -2.44. The molecule has 2 aliphatic rings. The number of piperidine rings is 1. The van der Waals surface area contributed by atoms with Crippen LogP contribution in [0.5, 0.6) is 0 Å². The summed E-state index contributed by atoms with van der Waals surface area (Å²) in [5.41, 5.74) is 2.86. The monoisotopic (exact) mass is 389 g/mol. The Morgan fingerprint density at radius 1 is 1.14 bits per heavy atom. The number of hydrogen-bond donors (Lipinski definition) is 0. The molecule has 6 nitrogen and oxygen atoms in total. The van der Waals surface area contributed by atoms with E-state index in [0.29, 0.717) is 5.56 Å². The van der Waals surface area contributed by atoms with Gasteiger partial charge < -0.3 is 9.64 Å². The van der Waals surface area contributed by atoms with Crippen molar-refractivity contribution in [1.29, 1.82) is 5.26 Å². The fourth-order valence-corrected chi connectivity index (χ4v) is 5.48. The van der Waals surface area contributed by atoms with Gasteiger partial charge >= 0.3 is 0 Å². The van der Waals surface area contributed by atoms with E-state index < -0.39 is 0 Å². The number of ether oxygens (including phenoxy) is 1. The van der Waals surface area contributed by atoms with Gasteiger partial charge in [-0.25, -0.2) is 15.0 Å². The van der Waals surface area contributed by atoms with E-state index in [1.54, 1.807) is 12.5 Å². The lowest BCUT2D eigenvalue weighted by atomic mass is 9.85. The topological polar surface area (TPSA) is 74.9 Å². The molecule has 3 aromatic rings. The maximum absolute atomic E-state index is 8.96. The van der Waals surface area contributed by atoms with E-state index in [4.69, 9.17) is 10.00 Å². The van der Waals surface area contributed by atoms with Gasteiger partial charge in [0.15, 0.2) is 0 Å². The fourth-order valence-electron chi connectivity index (χ4n) is 4.10. The Kier molecular flexibility index (Phi) is 4.30. The van der Waals surface area contributed by atoms with Crippen LogP contribution in [-0.4, -0.2) is 34.6 Å². The first-order valence-corrected chi connectivity index (χ1v) is 10.2. The number of aromatic nitrogens is 3. The van der Waals surface area contributed by atoms with Crippen LogP contribution in [0, 0.1) is 11.3 Å². The van der Waals surface area contributed by atoms with Crippen LogP contribution < -0.4 is 4.90 Å². The van der Waals surface area contributed by atoms with Crippen LogP contribution in [0.25, 0.3) is 10.4 Å². The van der Waals surface area contributed by atoms with Gasteiger partial charge in [-0.3, -0.25) is 0 Å². The molecule has 7 heteroatoms. The number of rotatable bonds is 2. The van der Waals surface area contributed by atoms with Crippen LogP contribution in [0.15, 0.2) is 43.1 Å². The van der Waals surface area contributed by atoms with Crippen LogP contribution in [0.1, 0.15) is 28.8 Å². The Bertz CT molecular complexity index is 1020. The molecule has 0 aromatic carbocycles. The highest BCUT2D eigenvalue weighted by Gasteiger charge is 2.42. The largest absolute Gasteiger partial charge is 0.369 e. The van der Waals surface area contributed by atoms with E-state index in [0.717, 1.165) is 50.3 Å². The summed E-state index contributed by atoms with van der Waals surface area (Å²) in [5.74, 6) is 0.929. The average Bonchev–Trinajstić information content (AvgIpc) is 3.21. The summed E-state index contributed by atoms with van der Waals surface area (Å²) in [6.45, 7) is 2.55. The molecule has 5 rings (SSSR count). The minimum atomic E-state index is -0.199. The van der Waals surface area contributed by atoms with Gasteiger partial charge in [-0.05, 0) is 43.0 Å². The van der Waals surface area contributed by atoms with Gasteiger partial charge in [0.1, 0.15) is 23.8 Å². The van der Waals surface area contributed by atoms with Crippen molar-refractivity contribution < 1.29 is 4.74 Å². The van der Waals surface area contributed by atoms with E-state index in [1.807, 2.05) is 35.9 Å².